The highest BCUT2D eigenvalue weighted by Crippen LogP contribution is 2.38. The van der Waals surface area contributed by atoms with Gasteiger partial charge >= 0.3 is 0 Å². The molecule has 7 nitrogen and oxygen atoms in total. The van der Waals surface area contributed by atoms with E-state index in [9.17, 15) is 4.55 Å². The molecule has 1 aliphatic heterocycles. The number of hydrazine groups is 1. The lowest BCUT2D eigenvalue weighted by Crippen LogP contribution is -2.50. The molecule has 0 radical (unpaired) electrons. The van der Waals surface area contributed by atoms with Crippen LogP contribution < -0.4 is 26.6 Å². The second kappa shape index (κ2) is 13.1. The van der Waals surface area contributed by atoms with Crippen LogP contribution in [0, 0.1) is 24.2 Å². The van der Waals surface area contributed by atoms with Crippen molar-refractivity contribution >= 4 is 38.4 Å². The molecule has 3 aromatic carbocycles. The van der Waals surface area contributed by atoms with Crippen LogP contribution in [0.3, 0.4) is 0 Å². The van der Waals surface area contributed by atoms with Crippen molar-refractivity contribution in [2.75, 3.05) is 18.1 Å². The number of hydrazone groups is 1. The van der Waals surface area contributed by atoms with Gasteiger partial charge in [-0.25, -0.2) is 5.84 Å². The third-order valence-electron chi connectivity index (χ3n) is 7.46. The molecule has 1 aliphatic rings. The van der Waals surface area contributed by atoms with Crippen molar-refractivity contribution in [3.05, 3.63) is 82.7 Å². The van der Waals surface area contributed by atoms with Gasteiger partial charge in [-0.05, 0) is 84.8 Å². The molecule has 2 heterocycles. The molecule has 5 N–H and O–H groups in total. The first-order valence-corrected chi connectivity index (χ1v) is 16.1. The summed E-state index contributed by atoms with van der Waals surface area (Å²) in [6, 6.07) is 20.7. The molecule has 0 amide bonds. The molecule has 0 spiro atoms. The molecule has 0 saturated carbocycles. The van der Waals surface area contributed by atoms with Crippen molar-refractivity contribution in [1.29, 1.82) is 0 Å². The zero-order valence-electron chi connectivity index (χ0n) is 24.1. The number of hydrogen-bond acceptors (Lipinski definition) is 7. The van der Waals surface area contributed by atoms with Crippen LogP contribution in [0.2, 0.25) is 0 Å². The third kappa shape index (κ3) is 6.85. The van der Waals surface area contributed by atoms with Crippen LogP contribution in [-0.4, -0.2) is 28.5 Å². The number of hydrogen-bond donors (Lipinski definition) is 3. The number of rotatable bonds is 10. The minimum Gasteiger partial charge on any atom is -0.616 e. The fourth-order valence-electron chi connectivity index (χ4n) is 5.21. The van der Waals surface area contributed by atoms with Gasteiger partial charge in [0, 0.05) is 22.1 Å². The molecule has 42 heavy (non-hydrogen) atoms. The Morgan fingerprint density at radius 2 is 1.86 bits per heavy atom. The van der Waals surface area contributed by atoms with Gasteiger partial charge in [0.25, 0.3) is 0 Å². The van der Waals surface area contributed by atoms with E-state index in [1.54, 1.807) is 11.3 Å². The van der Waals surface area contributed by atoms with Crippen LogP contribution >= 0.6 is 11.3 Å². The summed E-state index contributed by atoms with van der Waals surface area (Å²) >= 11 is 1.06. The van der Waals surface area contributed by atoms with E-state index >= 15 is 0 Å². The second-order valence-electron chi connectivity index (χ2n) is 11.0. The average molecular weight is 601 g/mol. The summed E-state index contributed by atoms with van der Waals surface area (Å²) in [5.41, 5.74) is 8.24. The molecule has 1 aromatic heterocycles. The van der Waals surface area contributed by atoms with Crippen LogP contribution in [0.1, 0.15) is 42.9 Å². The highest BCUT2D eigenvalue weighted by atomic mass is 32.2. The third-order valence-corrected chi connectivity index (χ3v) is 10.5. The Bertz CT molecular complexity index is 1630. The summed E-state index contributed by atoms with van der Waals surface area (Å²) < 4.78 is 25.0. The van der Waals surface area contributed by atoms with E-state index in [0.717, 1.165) is 39.7 Å². The summed E-state index contributed by atoms with van der Waals surface area (Å²) in [5, 5.41) is 7.12. The monoisotopic (exact) mass is 600 g/mol. The highest BCUT2D eigenvalue weighted by molar-refractivity contribution is 7.92. The van der Waals surface area contributed by atoms with Crippen LogP contribution in [0.25, 0.3) is 21.2 Å². The van der Waals surface area contributed by atoms with Gasteiger partial charge in [0.1, 0.15) is 42.1 Å². The second-order valence-corrected chi connectivity index (χ2v) is 13.4. The molecule has 4 aromatic rings. The zero-order chi connectivity index (χ0) is 29.7. The molecule has 9 heteroatoms. The summed E-state index contributed by atoms with van der Waals surface area (Å²) in [7, 11) is 0. The predicted molar refractivity (Wildman–Crippen MR) is 174 cm³/mol. The van der Waals surface area contributed by atoms with E-state index in [0.29, 0.717) is 25.5 Å². The maximum Gasteiger partial charge on any atom is 0.137 e. The van der Waals surface area contributed by atoms with Crippen molar-refractivity contribution in [3.8, 4) is 34.5 Å². The first-order valence-electron chi connectivity index (χ1n) is 13.8. The molecule has 1 fully saturated rings. The SMILES string of the molecule is CC#CC(C/C(=N/N)NN)c1ccc(OCc2ccc3scc(-c4ccc(OCC5(C)C[S+]([O-])C5)cc4C)c3c2)cc1. The standard InChI is InChI=1S/C33H36N4O3S2/c1-4-5-25(16-32(36-34)37-35)24-7-9-26(10-8-24)39-17-23-6-13-31-29(15-23)30(18-41-31)28-12-11-27(14-22(28)2)40-19-33(3)20-42(38)21-33/h6-15,18,25H,16-17,19-21,34-35H2,1-3H3,(H,36,37). The molecule has 218 valence electrons. The highest BCUT2D eigenvalue weighted by Gasteiger charge is 2.45. The average Bonchev–Trinajstić information content (AvgIpc) is 3.40. The Morgan fingerprint density at radius 3 is 2.52 bits per heavy atom. The molecule has 0 bridgehead atoms. The minimum atomic E-state index is -0.687. The lowest BCUT2D eigenvalue weighted by Gasteiger charge is -2.38. The predicted octanol–water partition coefficient (Wildman–Crippen LogP) is 5.84. The number of fused-ring (bicyclic) bond motifs is 1. The van der Waals surface area contributed by atoms with Gasteiger partial charge in [-0.2, -0.15) is 5.10 Å². The lowest BCUT2D eigenvalue weighted by molar-refractivity contribution is 0.188. The van der Waals surface area contributed by atoms with Crippen molar-refractivity contribution in [2.24, 2.45) is 22.2 Å². The van der Waals surface area contributed by atoms with E-state index < -0.39 is 11.2 Å². The van der Waals surface area contributed by atoms with Gasteiger partial charge < -0.3 is 25.3 Å². The first kappa shape index (κ1) is 29.8. The van der Waals surface area contributed by atoms with Crippen LogP contribution in [0.5, 0.6) is 11.5 Å². The van der Waals surface area contributed by atoms with Crippen molar-refractivity contribution in [1.82, 2.24) is 5.43 Å². The van der Waals surface area contributed by atoms with E-state index in [4.69, 9.17) is 21.2 Å². The number of nitrogens with zero attached hydrogens (tertiary/aromatic N) is 1. The smallest absolute Gasteiger partial charge is 0.137 e. The number of thiophene rings is 1. The van der Waals surface area contributed by atoms with E-state index in [2.05, 4.69) is 71.9 Å². The fraction of sp³-hybridized carbons (Fsp3) is 0.303. The van der Waals surface area contributed by atoms with Gasteiger partial charge in [0.2, 0.25) is 0 Å². The van der Waals surface area contributed by atoms with Gasteiger partial charge in [-0.1, -0.05) is 41.4 Å². The summed E-state index contributed by atoms with van der Waals surface area (Å²) in [6.07, 6.45) is 0.495. The quantitative estimate of drug-likeness (QED) is 0.0526. The fourth-order valence-corrected chi connectivity index (χ4v) is 7.79. The summed E-state index contributed by atoms with van der Waals surface area (Å²) in [4.78, 5) is 0. The Labute approximate surface area is 254 Å². The van der Waals surface area contributed by atoms with Crippen LogP contribution in [0.4, 0.5) is 0 Å². The number of ether oxygens (including phenoxy) is 2. The lowest BCUT2D eigenvalue weighted by atomic mass is 9.95. The molecular weight excluding hydrogens is 565 g/mol. The maximum atomic E-state index is 11.5. The number of nitrogens with two attached hydrogens (primary N) is 2. The van der Waals surface area contributed by atoms with Crippen molar-refractivity contribution in [2.45, 2.75) is 39.7 Å². The Kier molecular flexibility index (Phi) is 9.29. The Balaban J connectivity index is 1.26. The molecule has 0 aliphatic carbocycles. The topological polar surface area (TPSA) is 118 Å². The number of amidine groups is 1. The largest absolute Gasteiger partial charge is 0.616 e. The number of aryl methyl sites for hydroxylation is 1. The van der Waals surface area contributed by atoms with Gasteiger partial charge in [0.05, 0.1) is 11.3 Å². The Hall–Kier alpha value is -3.68. The molecule has 1 saturated heterocycles. The molecule has 1 atom stereocenters. The Morgan fingerprint density at radius 1 is 1.10 bits per heavy atom. The molecule has 5 rings (SSSR count). The normalized spacial score (nSPS) is 19.0. The first-order chi connectivity index (χ1) is 20.3. The van der Waals surface area contributed by atoms with E-state index in [1.807, 2.05) is 37.3 Å². The zero-order valence-corrected chi connectivity index (χ0v) is 25.7. The van der Waals surface area contributed by atoms with Crippen LogP contribution in [0.15, 0.2) is 71.1 Å². The molecular formula is C33H36N4O3S2. The van der Waals surface area contributed by atoms with Crippen molar-refractivity contribution in [3.63, 3.8) is 0 Å². The summed E-state index contributed by atoms with van der Waals surface area (Å²) in [5.74, 6) is 20.6. The summed E-state index contributed by atoms with van der Waals surface area (Å²) in [6.45, 7) is 7.11. The maximum absolute atomic E-state index is 11.5. The van der Waals surface area contributed by atoms with Crippen molar-refractivity contribution < 1.29 is 14.0 Å². The van der Waals surface area contributed by atoms with Gasteiger partial charge in [-0.15, -0.1) is 17.3 Å². The minimum absolute atomic E-state index is 0.0136. The van der Waals surface area contributed by atoms with E-state index in [1.165, 1.54) is 21.2 Å². The number of benzene rings is 3. The van der Waals surface area contributed by atoms with Gasteiger partial charge in [0.15, 0.2) is 0 Å². The number of nitrogens with one attached hydrogen (secondary N) is 1. The van der Waals surface area contributed by atoms with Gasteiger partial charge in [-0.3, -0.25) is 0 Å². The van der Waals surface area contributed by atoms with Crippen LogP contribution in [-0.2, 0) is 17.8 Å². The van der Waals surface area contributed by atoms with E-state index in [-0.39, 0.29) is 11.3 Å². The molecule has 1 unspecified atom stereocenters.